The van der Waals surface area contributed by atoms with Crippen molar-refractivity contribution in [3.63, 3.8) is 0 Å². The van der Waals surface area contributed by atoms with Gasteiger partial charge in [0.15, 0.2) is 0 Å². The molecule has 0 nitrogen and oxygen atoms in total. The van der Waals surface area contributed by atoms with Gasteiger partial charge in [-0.15, -0.1) is 0 Å². The van der Waals surface area contributed by atoms with Gasteiger partial charge in [0.1, 0.15) is 0 Å². The second-order valence-electron chi connectivity index (χ2n) is 4.24. The van der Waals surface area contributed by atoms with Crippen LogP contribution in [-0.2, 0) is 12.8 Å². The van der Waals surface area contributed by atoms with Crippen molar-refractivity contribution in [2.75, 3.05) is 0 Å². The highest BCUT2D eigenvalue weighted by molar-refractivity contribution is 7.01. The smallest absolute Gasteiger partial charge is 0.165 e. The molecule has 88 valence electrons. The van der Waals surface area contributed by atoms with Gasteiger partial charge in [0, 0.05) is 0 Å². The third kappa shape index (κ3) is 3.95. The molecule has 1 rings (SSSR count). The Kier molecular flexibility index (Phi) is 6.82. The second kappa shape index (κ2) is 7.91. The second-order valence-corrected chi connectivity index (χ2v) is 5.54. The van der Waals surface area contributed by atoms with Gasteiger partial charge in [0.2, 0.25) is 8.83 Å². The van der Waals surface area contributed by atoms with E-state index in [0.717, 1.165) is 0 Å². The van der Waals surface area contributed by atoms with Crippen molar-refractivity contribution in [1.29, 1.82) is 0 Å². The first-order valence-electron chi connectivity index (χ1n) is 6.30. The minimum Gasteiger partial charge on any atom is -0.165 e. The first-order chi connectivity index (χ1) is 7.83. The molecular weight excluding hydrogens is 232 g/mol. The maximum Gasteiger partial charge on any atom is 0.210 e. The minimum absolute atomic E-state index is 0.414. The molecule has 0 aromatic heterocycles. The quantitative estimate of drug-likeness (QED) is 0.511. The fraction of sp³-hybridized carbons (Fsp3) is 0.571. The molecule has 0 aliphatic carbocycles. The van der Waals surface area contributed by atoms with E-state index >= 15 is 0 Å². The molecule has 2 radical (unpaired) electrons. The first-order valence-corrected chi connectivity index (χ1v) is 8.32. The Bertz CT molecular complexity index is 310. The highest BCUT2D eigenvalue weighted by Crippen LogP contribution is 2.13. The number of hydrogen-bond acceptors (Lipinski definition) is 0. The molecule has 16 heavy (non-hydrogen) atoms. The molecule has 1 aromatic carbocycles. The Morgan fingerprint density at radius 1 is 1.06 bits per heavy atom. The lowest BCUT2D eigenvalue weighted by Crippen LogP contribution is -2.17. The third-order valence-electron chi connectivity index (χ3n) is 2.95. The first kappa shape index (κ1) is 13.8. The summed E-state index contributed by atoms with van der Waals surface area (Å²) in [6, 6.07) is 6.62. The van der Waals surface area contributed by atoms with Gasteiger partial charge in [-0.1, -0.05) is 44.9 Å². The summed E-state index contributed by atoms with van der Waals surface area (Å²) in [5.74, 6) is 0. The van der Waals surface area contributed by atoms with Gasteiger partial charge in [0.05, 0.1) is 0 Å². The molecule has 1 aromatic rings. The summed E-state index contributed by atoms with van der Waals surface area (Å²) < 4.78 is 0. The third-order valence-corrected chi connectivity index (χ3v) is 4.24. The van der Waals surface area contributed by atoms with Gasteiger partial charge in [-0.05, 0) is 42.0 Å². The summed E-state index contributed by atoms with van der Waals surface area (Å²) in [7, 11) is 0.414. The van der Waals surface area contributed by atoms with Crippen LogP contribution in [0.25, 0.3) is 0 Å². The largest absolute Gasteiger partial charge is 0.210 e. The number of aryl methyl sites for hydroxylation is 1. The summed E-state index contributed by atoms with van der Waals surface area (Å²) in [6.07, 6.45) is 7.50. The van der Waals surface area contributed by atoms with E-state index < -0.39 is 0 Å². The van der Waals surface area contributed by atoms with Crippen LogP contribution >= 0.6 is 11.1 Å². The van der Waals surface area contributed by atoms with Crippen LogP contribution in [0.4, 0.5) is 0 Å². The minimum atomic E-state index is 0.414. The van der Waals surface area contributed by atoms with Crippen molar-refractivity contribution in [1.82, 2.24) is 0 Å². The molecule has 0 spiro atoms. The van der Waals surface area contributed by atoms with E-state index in [9.17, 15) is 0 Å². The summed E-state index contributed by atoms with van der Waals surface area (Å²) in [4.78, 5) is 0. The molecule has 0 fully saturated rings. The Labute approximate surface area is 107 Å². The topological polar surface area (TPSA) is 0 Å². The maximum absolute atomic E-state index is 6.04. The van der Waals surface area contributed by atoms with Crippen LogP contribution < -0.4 is 5.19 Å². The molecule has 0 saturated heterocycles. The molecule has 0 atom stereocenters. The summed E-state index contributed by atoms with van der Waals surface area (Å²) >= 11 is 6.04. The van der Waals surface area contributed by atoms with E-state index in [2.05, 4.69) is 32.0 Å². The predicted molar refractivity (Wildman–Crippen MR) is 74.9 cm³/mol. The molecule has 0 bridgehead atoms. The lowest BCUT2D eigenvalue weighted by molar-refractivity contribution is 0.760. The van der Waals surface area contributed by atoms with Crippen LogP contribution in [0.3, 0.4) is 0 Å². The van der Waals surface area contributed by atoms with Gasteiger partial charge in [0.25, 0.3) is 0 Å². The Hall–Kier alpha value is -0.273. The molecular formula is C14H21ClSi. The van der Waals surface area contributed by atoms with Gasteiger partial charge in [-0.3, -0.25) is 0 Å². The maximum atomic E-state index is 6.04. The molecule has 0 amide bonds. The highest BCUT2D eigenvalue weighted by Gasteiger charge is 2.07. The van der Waals surface area contributed by atoms with Crippen molar-refractivity contribution in [3.05, 3.63) is 29.3 Å². The van der Waals surface area contributed by atoms with Gasteiger partial charge in [-0.25, -0.2) is 0 Å². The van der Waals surface area contributed by atoms with Crippen LogP contribution in [0.2, 0.25) is 0 Å². The molecule has 0 heterocycles. The Morgan fingerprint density at radius 3 is 2.38 bits per heavy atom. The van der Waals surface area contributed by atoms with Crippen molar-refractivity contribution < 1.29 is 0 Å². The molecule has 0 saturated carbocycles. The zero-order valence-electron chi connectivity index (χ0n) is 10.4. The standard InChI is InChI=1S/C14H21ClSi/c1-3-5-8-12-9-7-11-14(16-15)13(12)10-6-4-2/h7,9,11H,3-6,8,10H2,1-2H3. The van der Waals surface area contributed by atoms with Gasteiger partial charge in [-0.2, -0.15) is 11.1 Å². The SMILES string of the molecule is CCCCc1cccc([Si]Cl)c1CCCC. The Morgan fingerprint density at radius 2 is 1.75 bits per heavy atom. The van der Waals surface area contributed by atoms with Gasteiger partial charge < -0.3 is 0 Å². The van der Waals surface area contributed by atoms with E-state index in [0.29, 0.717) is 8.83 Å². The zero-order valence-corrected chi connectivity index (χ0v) is 12.1. The average molecular weight is 253 g/mol. The monoisotopic (exact) mass is 252 g/mol. The molecule has 2 heteroatoms. The van der Waals surface area contributed by atoms with Crippen molar-refractivity contribution in [2.45, 2.75) is 52.4 Å². The zero-order chi connectivity index (χ0) is 11.8. The van der Waals surface area contributed by atoms with E-state index in [1.807, 2.05) is 0 Å². The molecule has 0 aliphatic rings. The average Bonchev–Trinajstić information content (AvgIpc) is 2.33. The summed E-state index contributed by atoms with van der Waals surface area (Å²) in [6.45, 7) is 4.50. The number of unbranched alkanes of at least 4 members (excludes halogenated alkanes) is 2. The summed E-state index contributed by atoms with van der Waals surface area (Å²) in [5.41, 5.74) is 3.06. The molecule has 0 unspecified atom stereocenters. The van der Waals surface area contributed by atoms with Crippen LogP contribution in [0, 0.1) is 0 Å². The lowest BCUT2D eigenvalue weighted by atomic mass is 9.98. The normalized spacial score (nSPS) is 10.7. The number of hydrogen-bond donors (Lipinski definition) is 0. The highest BCUT2D eigenvalue weighted by atomic mass is 35.6. The van der Waals surface area contributed by atoms with Crippen LogP contribution in [0.1, 0.15) is 50.7 Å². The fourth-order valence-electron chi connectivity index (χ4n) is 1.97. The van der Waals surface area contributed by atoms with Gasteiger partial charge >= 0.3 is 0 Å². The van der Waals surface area contributed by atoms with E-state index in [4.69, 9.17) is 11.1 Å². The lowest BCUT2D eigenvalue weighted by Gasteiger charge is -2.12. The van der Waals surface area contributed by atoms with Crippen LogP contribution in [0.15, 0.2) is 18.2 Å². The van der Waals surface area contributed by atoms with E-state index in [1.54, 1.807) is 0 Å². The fourth-order valence-corrected chi connectivity index (χ4v) is 3.06. The Balaban J connectivity index is 2.86. The van der Waals surface area contributed by atoms with E-state index in [1.165, 1.54) is 54.8 Å². The van der Waals surface area contributed by atoms with Crippen molar-refractivity contribution in [2.24, 2.45) is 0 Å². The summed E-state index contributed by atoms with van der Waals surface area (Å²) in [5, 5.41) is 1.36. The van der Waals surface area contributed by atoms with Crippen LogP contribution in [0.5, 0.6) is 0 Å². The molecule has 0 aliphatic heterocycles. The van der Waals surface area contributed by atoms with E-state index in [-0.39, 0.29) is 0 Å². The molecule has 0 N–H and O–H groups in total. The predicted octanol–water partition coefficient (Wildman–Crippen LogP) is 3.86. The number of halogens is 1. The van der Waals surface area contributed by atoms with Crippen molar-refractivity contribution in [3.8, 4) is 0 Å². The number of rotatable bonds is 7. The number of benzene rings is 1. The van der Waals surface area contributed by atoms with Crippen LogP contribution in [-0.4, -0.2) is 8.83 Å². The van der Waals surface area contributed by atoms with Crippen molar-refractivity contribution >= 4 is 25.1 Å².